The Bertz CT molecular complexity index is 904. The van der Waals surface area contributed by atoms with Gasteiger partial charge < -0.3 is 20.1 Å². The summed E-state index contributed by atoms with van der Waals surface area (Å²) in [5.41, 5.74) is -0.240. The zero-order valence-corrected chi connectivity index (χ0v) is 18.8. The van der Waals surface area contributed by atoms with Crippen LogP contribution in [-0.4, -0.2) is 41.1 Å². The zero-order chi connectivity index (χ0) is 22.6. The molecule has 1 fully saturated rings. The van der Waals surface area contributed by atoms with Crippen LogP contribution in [0.3, 0.4) is 0 Å². The summed E-state index contributed by atoms with van der Waals surface area (Å²) in [5.74, 6) is -0.0711. The number of rotatable bonds is 5. The molecule has 1 heterocycles. The molecule has 0 aromatic heterocycles. The molecular weight excluding hydrogens is 416 g/mol. The molecule has 0 aliphatic carbocycles. The van der Waals surface area contributed by atoms with Crippen molar-refractivity contribution in [2.24, 2.45) is 11.8 Å². The number of nitrogens with one attached hydrogen (secondary N) is 1. The smallest absolute Gasteiger partial charge is 0.410 e. The summed E-state index contributed by atoms with van der Waals surface area (Å²) in [6.07, 6.45) is -0.262. The second-order valence-corrected chi connectivity index (χ2v) is 8.87. The van der Waals surface area contributed by atoms with Crippen LogP contribution in [0.4, 0.5) is 4.79 Å². The minimum absolute atomic E-state index is 0.122. The Kier molecular flexibility index (Phi) is 7.23. The van der Waals surface area contributed by atoms with Crippen LogP contribution in [-0.2, 0) is 10.4 Å². The van der Waals surface area contributed by atoms with E-state index in [0.717, 1.165) is 5.56 Å². The first kappa shape index (κ1) is 23.1. The number of piperidine rings is 1. The highest BCUT2D eigenvalue weighted by Gasteiger charge is 2.43. The van der Waals surface area contributed by atoms with Crippen molar-refractivity contribution in [2.45, 2.75) is 38.8 Å². The molecule has 2 amide bonds. The fourth-order valence-corrected chi connectivity index (χ4v) is 4.08. The molecule has 0 unspecified atom stereocenters. The van der Waals surface area contributed by atoms with Crippen molar-refractivity contribution in [3.63, 3.8) is 0 Å². The molecule has 2 aromatic rings. The molecule has 0 radical (unpaired) electrons. The van der Waals surface area contributed by atoms with E-state index < -0.39 is 17.7 Å². The Labute approximate surface area is 188 Å². The van der Waals surface area contributed by atoms with E-state index in [9.17, 15) is 14.7 Å². The number of carbonyl (C=O) groups excluding carboxylic acids is 2. The molecule has 3 atom stereocenters. The fourth-order valence-electron chi connectivity index (χ4n) is 3.95. The number of halogens is 1. The van der Waals surface area contributed by atoms with Crippen molar-refractivity contribution in [3.05, 3.63) is 65.2 Å². The number of aliphatic hydroxyl groups is 1. The van der Waals surface area contributed by atoms with Gasteiger partial charge in [-0.1, -0.05) is 62.7 Å². The number of benzene rings is 2. The maximum Gasteiger partial charge on any atom is 0.413 e. The van der Waals surface area contributed by atoms with Crippen LogP contribution < -0.4 is 10.1 Å². The molecule has 6 nitrogen and oxygen atoms in total. The van der Waals surface area contributed by atoms with Crippen molar-refractivity contribution in [1.29, 1.82) is 0 Å². The van der Waals surface area contributed by atoms with Crippen LogP contribution in [0.1, 0.15) is 32.8 Å². The van der Waals surface area contributed by atoms with Gasteiger partial charge in [-0.05, 0) is 42.2 Å². The predicted octanol–water partition coefficient (Wildman–Crippen LogP) is 4.21. The first-order chi connectivity index (χ1) is 14.7. The van der Waals surface area contributed by atoms with E-state index in [-0.39, 0.29) is 17.7 Å². The van der Waals surface area contributed by atoms with Gasteiger partial charge in [0.1, 0.15) is 11.8 Å². The predicted molar refractivity (Wildman–Crippen MR) is 120 cm³/mol. The lowest BCUT2D eigenvalue weighted by molar-refractivity contribution is -0.143. The third-order valence-electron chi connectivity index (χ3n) is 5.89. The molecule has 3 rings (SSSR count). The molecule has 7 heteroatoms. The maximum absolute atomic E-state index is 13.2. The third-order valence-corrected chi connectivity index (χ3v) is 6.14. The number of hydrogen-bond donors (Lipinski definition) is 2. The van der Waals surface area contributed by atoms with Crippen LogP contribution in [0.2, 0.25) is 5.02 Å². The molecule has 1 aliphatic rings. The van der Waals surface area contributed by atoms with Crippen LogP contribution in [0.15, 0.2) is 54.6 Å². The summed E-state index contributed by atoms with van der Waals surface area (Å²) >= 11 is 5.97. The summed E-state index contributed by atoms with van der Waals surface area (Å²) in [5, 5.41) is 14.6. The summed E-state index contributed by atoms with van der Waals surface area (Å²) < 4.78 is 5.28. The monoisotopic (exact) mass is 444 g/mol. The molecule has 1 aliphatic heterocycles. The summed E-state index contributed by atoms with van der Waals surface area (Å²) in [6, 6.07) is 15.2. The van der Waals surface area contributed by atoms with Crippen molar-refractivity contribution in [3.8, 4) is 5.75 Å². The summed E-state index contributed by atoms with van der Waals surface area (Å²) in [4.78, 5) is 27.3. The van der Waals surface area contributed by atoms with Gasteiger partial charge in [-0.3, -0.25) is 4.79 Å². The number of nitrogens with zero attached hydrogens (tertiary/aromatic N) is 1. The topological polar surface area (TPSA) is 78.9 Å². The van der Waals surface area contributed by atoms with Crippen LogP contribution in [0, 0.1) is 11.8 Å². The minimum atomic E-state index is -1.03. The molecule has 1 saturated heterocycles. The lowest BCUT2D eigenvalue weighted by Gasteiger charge is -2.44. The average molecular weight is 445 g/mol. The van der Waals surface area contributed by atoms with E-state index in [1.54, 1.807) is 41.3 Å². The highest BCUT2D eigenvalue weighted by Crippen LogP contribution is 2.38. The largest absolute Gasteiger partial charge is 0.413 e. The lowest BCUT2D eigenvalue weighted by atomic mass is 9.76. The van der Waals surface area contributed by atoms with E-state index in [4.69, 9.17) is 16.3 Å². The Balaban J connectivity index is 1.66. The van der Waals surface area contributed by atoms with Gasteiger partial charge in [0.25, 0.3) is 0 Å². The third kappa shape index (κ3) is 5.38. The normalized spacial score (nSPS) is 22.1. The number of likely N-dealkylation sites (tertiary alicyclic amines) is 1. The first-order valence-corrected chi connectivity index (χ1v) is 10.9. The molecule has 0 spiro atoms. The molecule has 0 saturated carbocycles. The van der Waals surface area contributed by atoms with E-state index in [2.05, 4.69) is 5.32 Å². The van der Waals surface area contributed by atoms with Gasteiger partial charge in [-0.25, -0.2) is 4.79 Å². The van der Waals surface area contributed by atoms with Crippen LogP contribution in [0.25, 0.3) is 0 Å². The lowest BCUT2D eigenvalue weighted by Crippen LogP contribution is -2.57. The summed E-state index contributed by atoms with van der Waals surface area (Å²) in [6.45, 7) is 6.46. The standard InChI is InChI=1S/C24H29ClN2O4/c1-16(2)21(26-23(29)31-20-7-5-4-6-8-20)22(28)27-14-13-24(30,17(3)15-27)18-9-11-19(25)12-10-18/h4-12,16-17,21,30H,13-15H2,1-3H3,(H,26,29)/t17-,21+,24-/m0/s1. The Morgan fingerprint density at radius 3 is 2.39 bits per heavy atom. The first-order valence-electron chi connectivity index (χ1n) is 10.5. The molecule has 0 bridgehead atoms. The van der Waals surface area contributed by atoms with E-state index in [1.807, 2.05) is 39.0 Å². The second-order valence-electron chi connectivity index (χ2n) is 8.44. The fraction of sp³-hybridized carbons (Fsp3) is 0.417. The van der Waals surface area contributed by atoms with Crippen molar-refractivity contribution in [1.82, 2.24) is 10.2 Å². The SMILES string of the molecule is CC(C)[C@@H](NC(=O)Oc1ccccc1)C(=O)N1CC[C@@](O)(c2ccc(Cl)cc2)[C@@H](C)C1. The Hall–Kier alpha value is -2.57. The van der Waals surface area contributed by atoms with Gasteiger partial charge in [0, 0.05) is 24.0 Å². The van der Waals surface area contributed by atoms with Crippen molar-refractivity contribution >= 4 is 23.6 Å². The molecule has 166 valence electrons. The number of hydrogen-bond acceptors (Lipinski definition) is 4. The van der Waals surface area contributed by atoms with Gasteiger partial charge in [0.05, 0.1) is 5.60 Å². The summed E-state index contributed by atoms with van der Waals surface area (Å²) in [7, 11) is 0. The molecule has 2 N–H and O–H groups in total. The van der Waals surface area contributed by atoms with Gasteiger partial charge in [-0.15, -0.1) is 0 Å². The Morgan fingerprint density at radius 1 is 1.16 bits per heavy atom. The average Bonchev–Trinajstić information content (AvgIpc) is 2.74. The van der Waals surface area contributed by atoms with E-state index >= 15 is 0 Å². The van der Waals surface area contributed by atoms with Gasteiger partial charge in [0.2, 0.25) is 5.91 Å². The minimum Gasteiger partial charge on any atom is -0.410 e. The second kappa shape index (κ2) is 9.71. The molecule has 31 heavy (non-hydrogen) atoms. The number of carbonyl (C=O) groups is 2. The highest BCUT2D eigenvalue weighted by atomic mass is 35.5. The number of ether oxygens (including phenoxy) is 1. The van der Waals surface area contributed by atoms with Gasteiger partial charge in [0.15, 0.2) is 0 Å². The van der Waals surface area contributed by atoms with Crippen molar-refractivity contribution < 1.29 is 19.4 Å². The van der Waals surface area contributed by atoms with Gasteiger partial charge in [-0.2, -0.15) is 0 Å². The zero-order valence-electron chi connectivity index (χ0n) is 18.0. The van der Waals surface area contributed by atoms with Gasteiger partial charge >= 0.3 is 6.09 Å². The maximum atomic E-state index is 13.2. The van der Waals surface area contributed by atoms with Crippen molar-refractivity contribution in [2.75, 3.05) is 13.1 Å². The van der Waals surface area contributed by atoms with E-state index in [0.29, 0.717) is 30.3 Å². The Morgan fingerprint density at radius 2 is 1.81 bits per heavy atom. The van der Waals surface area contributed by atoms with Crippen LogP contribution >= 0.6 is 11.6 Å². The number of para-hydroxylation sites is 1. The quantitative estimate of drug-likeness (QED) is 0.724. The van der Waals surface area contributed by atoms with E-state index in [1.165, 1.54) is 0 Å². The molecular formula is C24H29ClN2O4. The molecule has 2 aromatic carbocycles. The van der Waals surface area contributed by atoms with Crippen LogP contribution in [0.5, 0.6) is 5.75 Å². The highest BCUT2D eigenvalue weighted by molar-refractivity contribution is 6.30. The number of amides is 2.